The van der Waals surface area contributed by atoms with Gasteiger partial charge in [0.25, 0.3) is 11.5 Å². The van der Waals surface area contributed by atoms with Crippen molar-refractivity contribution < 1.29 is 4.79 Å². The van der Waals surface area contributed by atoms with Crippen LogP contribution in [0.15, 0.2) is 35.4 Å². The Morgan fingerprint density at radius 2 is 2.11 bits per heavy atom. The maximum Gasteiger partial charge on any atom is 0.274 e. The Bertz CT molecular complexity index is 665. The van der Waals surface area contributed by atoms with Crippen molar-refractivity contribution in [2.24, 2.45) is 0 Å². The van der Waals surface area contributed by atoms with E-state index in [-0.39, 0.29) is 23.7 Å². The molecular weight excluding hydrogens is 232 g/mol. The highest BCUT2D eigenvalue weighted by Crippen LogP contribution is 2.22. The van der Waals surface area contributed by atoms with Gasteiger partial charge in [0.05, 0.1) is 6.54 Å². The third-order valence-corrected chi connectivity index (χ3v) is 2.93. The largest absolute Gasteiger partial charge is 0.328 e. The molecule has 0 atom stereocenters. The van der Waals surface area contributed by atoms with Gasteiger partial charge in [0.2, 0.25) is 0 Å². The molecule has 2 aromatic rings. The zero-order chi connectivity index (χ0) is 12.5. The van der Waals surface area contributed by atoms with Gasteiger partial charge in [0.15, 0.2) is 0 Å². The summed E-state index contributed by atoms with van der Waals surface area (Å²) in [6, 6.07) is 7.42. The average Bonchev–Trinajstić information content (AvgIpc) is 2.70. The van der Waals surface area contributed by atoms with Gasteiger partial charge >= 0.3 is 0 Å². The number of nitrogens with one attached hydrogen (secondary N) is 1. The molecule has 18 heavy (non-hydrogen) atoms. The first-order valence-electron chi connectivity index (χ1n) is 5.52. The quantitative estimate of drug-likeness (QED) is 0.822. The van der Waals surface area contributed by atoms with Gasteiger partial charge in [-0.25, -0.2) is 0 Å². The Balaban J connectivity index is 1.88. The highest BCUT2D eigenvalue weighted by atomic mass is 16.2. The highest BCUT2D eigenvalue weighted by molar-refractivity contribution is 5.98. The van der Waals surface area contributed by atoms with Crippen molar-refractivity contribution in [2.45, 2.75) is 13.1 Å². The average molecular weight is 242 g/mol. The van der Waals surface area contributed by atoms with Crippen LogP contribution in [-0.4, -0.2) is 26.0 Å². The van der Waals surface area contributed by atoms with Gasteiger partial charge < -0.3 is 9.88 Å². The summed E-state index contributed by atoms with van der Waals surface area (Å²) in [4.78, 5) is 27.6. The van der Waals surface area contributed by atoms with Crippen molar-refractivity contribution in [3.63, 3.8) is 0 Å². The van der Waals surface area contributed by atoms with Gasteiger partial charge in [-0.05, 0) is 11.6 Å². The van der Waals surface area contributed by atoms with Crippen molar-refractivity contribution in [1.82, 2.24) is 20.1 Å². The zero-order valence-electron chi connectivity index (χ0n) is 9.46. The third kappa shape index (κ3) is 1.67. The number of rotatable bonds is 2. The monoisotopic (exact) mass is 242 g/mol. The van der Waals surface area contributed by atoms with E-state index in [0.29, 0.717) is 12.1 Å². The van der Waals surface area contributed by atoms with Gasteiger partial charge in [0, 0.05) is 12.1 Å². The third-order valence-electron chi connectivity index (χ3n) is 2.93. The molecule has 0 radical (unpaired) electrons. The summed E-state index contributed by atoms with van der Waals surface area (Å²) < 4.78 is 0. The maximum atomic E-state index is 12.1. The lowest BCUT2D eigenvalue weighted by molar-refractivity contribution is 0.0763. The van der Waals surface area contributed by atoms with Gasteiger partial charge in [-0.2, -0.15) is 0 Å². The lowest BCUT2D eigenvalue weighted by Crippen LogP contribution is -2.28. The van der Waals surface area contributed by atoms with Crippen LogP contribution in [0.1, 0.15) is 21.6 Å². The van der Waals surface area contributed by atoms with E-state index < -0.39 is 0 Å². The van der Waals surface area contributed by atoms with Gasteiger partial charge in [-0.1, -0.05) is 18.2 Å². The summed E-state index contributed by atoms with van der Waals surface area (Å²) in [6.07, 6.45) is 1.23. The highest BCUT2D eigenvalue weighted by Gasteiger charge is 2.27. The van der Waals surface area contributed by atoms with Crippen LogP contribution >= 0.6 is 0 Å². The Kier molecular flexibility index (Phi) is 2.40. The summed E-state index contributed by atoms with van der Waals surface area (Å²) in [7, 11) is 0. The van der Waals surface area contributed by atoms with Crippen LogP contribution in [0.3, 0.4) is 0 Å². The van der Waals surface area contributed by atoms with E-state index in [1.54, 1.807) is 11.0 Å². The molecular formula is C12H10N4O2. The minimum absolute atomic E-state index is 0.0735. The number of benzene rings is 1. The Hall–Kier alpha value is -2.50. The molecule has 0 aliphatic carbocycles. The summed E-state index contributed by atoms with van der Waals surface area (Å²) in [5, 5.41) is 7.37. The molecule has 0 bridgehead atoms. The fourth-order valence-corrected chi connectivity index (χ4v) is 2.04. The van der Waals surface area contributed by atoms with Crippen LogP contribution in [-0.2, 0) is 13.1 Å². The van der Waals surface area contributed by atoms with E-state index in [1.807, 2.05) is 18.2 Å². The second-order valence-corrected chi connectivity index (χ2v) is 4.08. The molecule has 6 heteroatoms. The van der Waals surface area contributed by atoms with Crippen LogP contribution in [0, 0.1) is 0 Å². The molecule has 0 fully saturated rings. The minimum atomic E-state index is -0.311. The molecule has 1 aliphatic heterocycles. The molecule has 0 unspecified atom stereocenters. The normalized spacial score (nSPS) is 13.8. The molecule has 1 aromatic heterocycles. The lowest BCUT2D eigenvalue weighted by Gasteiger charge is -2.13. The number of amides is 1. The van der Waals surface area contributed by atoms with Crippen molar-refractivity contribution >= 4 is 5.91 Å². The van der Waals surface area contributed by atoms with E-state index in [0.717, 1.165) is 5.56 Å². The number of hydrogen-bond acceptors (Lipinski definition) is 4. The molecule has 1 aromatic carbocycles. The van der Waals surface area contributed by atoms with Gasteiger partial charge in [-0.3, -0.25) is 9.59 Å². The summed E-state index contributed by atoms with van der Waals surface area (Å²) in [6.45, 7) is 0.682. The molecule has 6 nitrogen and oxygen atoms in total. The number of nitrogens with zero attached hydrogens (tertiary/aromatic N) is 3. The van der Waals surface area contributed by atoms with Crippen LogP contribution < -0.4 is 5.56 Å². The number of carbonyl (C=O) groups is 1. The lowest BCUT2D eigenvalue weighted by atomic mass is 10.1. The SMILES string of the molecule is O=C1c2ccccc2CN1Cc1nnc[nH]c1=O. The van der Waals surface area contributed by atoms with Crippen LogP contribution in [0.5, 0.6) is 0 Å². The smallest absolute Gasteiger partial charge is 0.274 e. The van der Waals surface area contributed by atoms with Crippen molar-refractivity contribution in [2.75, 3.05) is 0 Å². The standard InChI is InChI=1S/C12H10N4O2/c17-11-10(15-14-7-13-11)6-16-5-8-3-1-2-4-9(8)12(16)18/h1-4,7H,5-6H2,(H,13,14,17). The predicted octanol–water partition coefficient (Wildman–Crippen LogP) is 0.321. The topological polar surface area (TPSA) is 79.0 Å². The van der Waals surface area contributed by atoms with Gasteiger partial charge in [0.1, 0.15) is 12.0 Å². The molecule has 0 spiro atoms. The van der Waals surface area contributed by atoms with E-state index in [4.69, 9.17) is 0 Å². The van der Waals surface area contributed by atoms with Crippen LogP contribution in [0.2, 0.25) is 0 Å². The fourth-order valence-electron chi connectivity index (χ4n) is 2.04. The molecule has 3 rings (SSSR count). The van der Waals surface area contributed by atoms with E-state index in [9.17, 15) is 9.59 Å². The van der Waals surface area contributed by atoms with Crippen molar-refractivity contribution in [3.8, 4) is 0 Å². The fraction of sp³-hybridized carbons (Fsp3) is 0.167. The zero-order valence-corrected chi connectivity index (χ0v) is 9.46. The summed E-state index contributed by atoms with van der Waals surface area (Å²) in [5.41, 5.74) is 1.60. The molecule has 1 amide bonds. The second kappa shape index (κ2) is 4.06. The summed E-state index contributed by atoms with van der Waals surface area (Å²) in [5.74, 6) is -0.0735. The molecule has 2 heterocycles. The Labute approximate surface area is 102 Å². The molecule has 0 saturated heterocycles. The first-order chi connectivity index (χ1) is 8.75. The first-order valence-corrected chi connectivity index (χ1v) is 5.52. The second-order valence-electron chi connectivity index (χ2n) is 4.08. The number of aromatic amines is 1. The Morgan fingerprint density at radius 3 is 2.89 bits per heavy atom. The van der Waals surface area contributed by atoms with E-state index in [2.05, 4.69) is 15.2 Å². The maximum absolute atomic E-state index is 12.1. The predicted molar refractivity (Wildman–Crippen MR) is 62.7 cm³/mol. The molecule has 0 saturated carbocycles. The first kappa shape index (κ1) is 10.6. The number of fused-ring (bicyclic) bond motifs is 1. The number of aromatic nitrogens is 3. The molecule has 1 aliphatic rings. The van der Waals surface area contributed by atoms with Crippen molar-refractivity contribution in [1.29, 1.82) is 0 Å². The number of carbonyl (C=O) groups excluding carboxylic acids is 1. The number of hydrogen-bond donors (Lipinski definition) is 1. The Morgan fingerprint density at radius 1 is 1.28 bits per heavy atom. The van der Waals surface area contributed by atoms with E-state index in [1.165, 1.54) is 6.33 Å². The number of H-pyrrole nitrogens is 1. The van der Waals surface area contributed by atoms with Gasteiger partial charge in [-0.15, -0.1) is 10.2 Å². The molecule has 90 valence electrons. The van der Waals surface area contributed by atoms with Crippen LogP contribution in [0.4, 0.5) is 0 Å². The molecule has 1 N–H and O–H groups in total. The summed E-state index contributed by atoms with van der Waals surface area (Å²) >= 11 is 0. The van der Waals surface area contributed by atoms with Crippen molar-refractivity contribution in [3.05, 3.63) is 57.8 Å². The van der Waals surface area contributed by atoms with E-state index >= 15 is 0 Å². The van der Waals surface area contributed by atoms with Crippen LogP contribution in [0.25, 0.3) is 0 Å². The minimum Gasteiger partial charge on any atom is -0.328 e.